The Bertz CT molecular complexity index is 623. The zero-order valence-corrected chi connectivity index (χ0v) is 16.1. The molecule has 3 rings (SSSR count). The summed E-state index contributed by atoms with van der Waals surface area (Å²) >= 11 is 0. The summed E-state index contributed by atoms with van der Waals surface area (Å²) in [4.78, 5) is 4.32. The average Bonchev–Trinajstić information content (AvgIpc) is 3.14. The van der Waals surface area contributed by atoms with Crippen molar-refractivity contribution in [3.63, 3.8) is 0 Å². The predicted molar refractivity (Wildman–Crippen MR) is 103 cm³/mol. The molecule has 1 aromatic carbocycles. The number of nitrogens with zero attached hydrogens (tertiary/aromatic N) is 1. The number of para-hydroxylation sites is 1. The number of hydrogen-bond acceptors (Lipinski definition) is 4. The van der Waals surface area contributed by atoms with Crippen molar-refractivity contribution in [3.05, 3.63) is 23.8 Å². The first-order chi connectivity index (χ1) is 12.6. The minimum atomic E-state index is 0.199. The van der Waals surface area contributed by atoms with E-state index in [1.54, 1.807) is 14.2 Å². The molecule has 1 saturated carbocycles. The Morgan fingerprint density at radius 2 is 2.04 bits per heavy atom. The van der Waals surface area contributed by atoms with Gasteiger partial charge in [-0.2, -0.15) is 0 Å². The normalized spacial score (nSPS) is 19.7. The van der Waals surface area contributed by atoms with Crippen LogP contribution in [0.15, 0.2) is 23.2 Å². The maximum atomic E-state index is 6.29. The van der Waals surface area contributed by atoms with Gasteiger partial charge in [-0.05, 0) is 31.7 Å². The van der Waals surface area contributed by atoms with Gasteiger partial charge >= 0.3 is 0 Å². The molecule has 0 radical (unpaired) electrons. The van der Waals surface area contributed by atoms with Crippen LogP contribution < -0.4 is 20.1 Å². The molecule has 0 amide bonds. The summed E-state index contributed by atoms with van der Waals surface area (Å²) in [6.07, 6.45) is 5.02. The fourth-order valence-corrected chi connectivity index (χ4v) is 3.42. The van der Waals surface area contributed by atoms with Gasteiger partial charge in [-0.15, -0.1) is 0 Å². The van der Waals surface area contributed by atoms with Crippen LogP contribution in [0.5, 0.6) is 11.5 Å². The van der Waals surface area contributed by atoms with Crippen LogP contribution in [-0.4, -0.2) is 46.0 Å². The van der Waals surface area contributed by atoms with Crippen LogP contribution >= 0.6 is 0 Å². The van der Waals surface area contributed by atoms with Gasteiger partial charge in [0.1, 0.15) is 0 Å². The van der Waals surface area contributed by atoms with Gasteiger partial charge in [0.15, 0.2) is 17.5 Å². The second kappa shape index (κ2) is 8.62. The Hall–Kier alpha value is -1.95. The first-order valence-electron chi connectivity index (χ1n) is 9.48. The highest BCUT2D eigenvalue weighted by atomic mass is 16.5. The molecule has 0 bridgehead atoms. The largest absolute Gasteiger partial charge is 0.493 e. The van der Waals surface area contributed by atoms with Gasteiger partial charge in [-0.3, -0.25) is 4.99 Å². The molecule has 1 aromatic rings. The number of benzene rings is 1. The van der Waals surface area contributed by atoms with E-state index in [9.17, 15) is 0 Å². The summed E-state index contributed by atoms with van der Waals surface area (Å²) in [7, 11) is 3.48. The van der Waals surface area contributed by atoms with E-state index < -0.39 is 0 Å². The lowest BCUT2D eigenvalue weighted by Gasteiger charge is -2.38. The molecule has 0 unspecified atom stereocenters. The number of hydrogen-bond donors (Lipinski definition) is 2. The van der Waals surface area contributed by atoms with Gasteiger partial charge in [0.25, 0.3) is 0 Å². The standard InChI is InChI=1S/C20H31N3O3/c1-20(13-25-14-20)12-23-19(21-2)22-11-15-7-6-10-17(24-3)18(15)26-16-8-4-5-9-16/h6-7,10,16H,4-5,8-9,11-14H2,1-3H3,(H2,21,22,23). The van der Waals surface area contributed by atoms with Gasteiger partial charge in [-0.25, -0.2) is 0 Å². The zero-order valence-electron chi connectivity index (χ0n) is 16.1. The van der Waals surface area contributed by atoms with Gasteiger partial charge in [-0.1, -0.05) is 19.1 Å². The highest BCUT2D eigenvalue weighted by molar-refractivity contribution is 5.79. The van der Waals surface area contributed by atoms with Gasteiger partial charge < -0.3 is 24.8 Å². The van der Waals surface area contributed by atoms with Crippen molar-refractivity contribution in [3.8, 4) is 11.5 Å². The van der Waals surface area contributed by atoms with E-state index in [2.05, 4.69) is 28.6 Å². The molecule has 2 aliphatic rings. The molecule has 1 aliphatic heterocycles. The van der Waals surface area contributed by atoms with Crippen LogP contribution in [-0.2, 0) is 11.3 Å². The Kier molecular flexibility index (Phi) is 6.25. The van der Waals surface area contributed by atoms with E-state index in [0.29, 0.717) is 12.6 Å². The highest BCUT2D eigenvalue weighted by Crippen LogP contribution is 2.34. The summed E-state index contributed by atoms with van der Waals surface area (Å²) in [5.74, 6) is 2.43. The van der Waals surface area contributed by atoms with E-state index in [4.69, 9.17) is 14.2 Å². The first-order valence-corrected chi connectivity index (χ1v) is 9.48. The second-order valence-electron chi connectivity index (χ2n) is 7.56. The molecule has 0 aromatic heterocycles. The van der Waals surface area contributed by atoms with Crippen LogP contribution in [0.1, 0.15) is 38.2 Å². The van der Waals surface area contributed by atoms with E-state index in [-0.39, 0.29) is 5.41 Å². The predicted octanol–water partition coefficient (Wildman–Crippen LogP) is 2.72. The summed E-state index contributed by atoms with van der Waals surface area (Å²) in [6, 6.07) is 6.03. The minimum absolute atomic E-state index is 0.199. The molecule has 1 saturated heterocycles. The number of nitrogens with one attached hydrogen (secondary N) is 2. The monoisotopic (exact) mass is 361 g/mol. The van der Waals surface area contributed by atoms with Crippen molar-refractivity contribution in [1.82, 2.24) is 10.6 Å². The average molecular weight is 361 g/mol. The van der Waals surface area contributed by atoms with Gasteiger partial charge in [0, 0.05) is 31.1 Å². The fraction of sp³-hybridized carbons (Fsp3) is 0.650. The molecule has 144 valence electrons. The third-order valence-electron chi connectivity index (χ3n) is 5.12. The number of methoxy groups -OCH3 is 1. The molecular formula is C20H31N3O3. The third-order valence-corrected chi connectivity index (χ3v) is 5.12. The molecular weight excluding hydrogens is 330 g/mol. The van der Waals surface area contributed by atoms with E-state index >= 15 is 0 Å². The molecule has 6 nitrogen and oxygen atoms in total. The molecule has 26 heavy (non-hydrogen) atoms. The quantitative estimate of drug-likeness (QED) is 0.577. The second-order valence-corrected chi connectivity index (χ2v) is 7.56. The minimum Gasteiger partial charge on any atom is -0.493 e. The lowest BCUT2D eigenvalue weighted by molar-refractivity contribution is -0.0971. The Morgan fingerprint density at radius 1 is 1.27 bits per heavy atom. The summed E-state index contributed by atoms with van der Waals surface area (Å²) in [5.41, 5.74) is 1.28. The van der Waals surface area contributed by atoms with Crippen molar-refractivity contribution in [2.75, 3.05) is 33.9 Å². The maximum absolute atomic E-state index is 6.29. The molecule has 1 aliphatic carbocycles. The van der Waals surface area contributed by atoms with Crippen LogP contribution in [0.2, 0.25) is 0 Å². The highest BCUT2D eigenvalue weighted by Gasteiger charge is 2.33. The number of guanidine groups is 1. The summed E-state index contributed by atoms with van der Waals surface area (Å²) in [6.45, 7) is 5.28. The lowest BCUT2D eigenvalue weighted by atomic mass is 9.89. The van der Waals surface area contributed by atoms with Crippen molar-refractivity contribution in [2.24, 2.45) is 10.4 Å². The molecule has 2 fully saturated rings. The van der Waals surface area contributed by atoms with E-state index in [0.717, 1.165) is 55.6 Å². The molecule has 2 N–H and O–H groups in total. The first kappa shape index (κ1) is 18.8. The maximum Gasteiger partial charge on any atom is 0.191 e. The van der Waals surface area contributed by atoms with Crippen LogP contribution in [0.25, 0.3) is 0 Å². The van der Waals surface area contributed by atoms with Gasteiger partial charge in [0.05, 0.1) is 26.4 Å². The summed E-state index contributed by atoms with van der Waals surface area (Å²) in [5, 5.41) is 6.78. The van der Waals surface area contributed by atoms with E-state index in [1.165, 1.54) is 12.8 Å². The van der Waals surface area contributed by atoms with Gasteiger partial charge in [0.2, 0.25) is 0 Å². The molecule has 0 atom stereocenters. The van der Waals surface area contributed by atoms with Crippen molar-refractivity contribution in [2.45, 2.75) is 45.3 Å². The van der Waals surface area contributed by atoms with Crippen molar-refractivity contribution in [1.29, 1.82) is 0 Å². The Morgan fingerprint density at radius 3 is 2.65 bits per heavy atom. The summed E-state index contributed by atoms with van der Waals surface area (Å²) < 4.78 is 17.1. The Balaban J connectivity index is 1.62. The fourth-order valence-electron chi connectivity index (χ4n) is 3.42. The number of rotatable bonds is 7. The lowest BCUT2D eigenvalue weighted by Crippen LogP contribution is -2.50. The topological polar surface area (TPSA) is 64.1 Å². The van der Waals surface area contributed by atoms with Crippen LogP contribution in [0.4, 0.5) is 0 Å². The zero-order chi connectivity index (χ0) is 18.4. The Labute approximate surface area is 156 Å². The third kappa shape index (κ3) is 4.61. The number of aliphatic imine (C=N–C) groups is 1. The van der Waals surface area contributed by atoms with E-state index in [1.807, 2.05) is 12.1 Å². The van der Waals surface area contributed by atoms with Crippen molar-refractivity contribution < 1.29 is 14.2 Å². The smallest absolute Gasteiger partial charge is 0.191 e. The van der Waals surface area contributed by atoms with Crippen LogP contribution in [0.3, 0.4) is 0 Å². The molecule has 1 heterocycles. The number of ether oxygens (including phenoxy) is 3. The van der Waals surface area contributed by atoms with Crippen molar-refractivity contribution >= 4 is 5.96 Å². The SMILES string of the molecule is CN=C(NCc1cccc(OC)c1OC1CCCC1)NCC1(C)COC1. The van der Waals surface area contributed by atoms with Crippen LogP contribution in [0, 0.1) is 5.41 Å². The molecule has 0 spiro atoms. The molecule has 6 heteroatoms.